The third kappa shape index (κ3) is 3.73. The summed E-state index contributed by atoms with van der Waals surface area (Å²) >= 11 is 0. The molecule has 0 radical (unpaired) electrons. The molecule has 0 atom stereocenters. The van der Waals surface area contributed by atoms with Crippen LogP contribution in [0.25, 0.3) is 0 Å². The first-order valence-electron chi connectivity index (χ1n) is 6.05. The molecule has 2 rings (SSSR count). The number of rotatable bonds is 4. The van der Waals surface area contributed by atoms with Crippen LogP contribution in [0.2, 0.25) is 0 Å². The number of carbonyl (C=O) groups is 1. The van der Waals surface area contributed by atoms with Crippen molar-refractivity contribution < 1.29 is 4.79 Å². The zero-order valence-corrected chi connectivity index (χ0v) is 10.4. The quantitative estimate of drug-likeness (QED) is 0.797. The molecule has 2 N–H and O–H groups in total. The monoisotopic (exact) mass is 243 g/mol. The van der Waals surface area contributed by atoms with E-state index in [0.717, 1.165) is 24.2 Å². The lowest BCUT2D eigenvalue weighted by Crippen LogP contribution is -2.26. The second-order valence-corrected chi connectivity index (χ2v) is 4.35. The number of benzene rings is 1. The minimum atomic E-state index is -0.135. The standard InChI is InChI=1S/C14H17N3O/c1-11-7-8-13(9-11)16-17-14(18)10-15-12-5-3-2-4-6-12/h2-6,9,15H,7-8,10H2,1H3,(H,17,18)/b16-13+. The summed E-state index contributed by atoms with van der Waals surface area (Å²) in [6.07, 6.45) is 3.97. The van der Waals surface area contributed by atoms with Gasteiger partial charge in [0.2, 0.25) is 0 Å². The molecule has 0 heterocycles. The van der Waals surface area contributed by atoms with Crippen molar-refractivity contribution in [1.82, 2.24) is 5.43 Å². The number of hydrogen-bond donors (Lipinski definition) is 2. The average molecular weight is 243 g/mol. The van der Waals surface area contributed by atoms with Crippen LogP contribution in [0.5, 0.6) is 0 Å². The molecule has 0 unspecified atom stereocenters. The molecule has 0 bridgehead atoms. The van der Waals surface area contributed by atoms with Crippen LogP contribution in [-0.2, 0) is 4.79 Å². The molecular formula is C14H17N3O. The second kappa shape index (κ2) is 6.00. The van der Waals surface area contributed by atoms with Gasteiger partial charge in [-0.15, -0.1) is 0 Å². The summed E-state index contributed by atoms with van der Waals surface area (Å²) in [4.78, 5) is 11.6. The Kier molecular flexibility index (Phi) is 4.12. The number of amides is 1. The summed E-state index contributed by atoms with van der Waals surface area (Å²) < 4.78 is 0. The van der Waals surface area contributed by atoms with Crippen LogP contribution in [0, 0.1) is 0 Å². The maximum atomic E-state index is 11.6. The fourth-order valence-electron chi connectivity index (χ4n) is 1.75. The fraction of sp³-hybridized carbons (Fsp3) is 0.286. The fourth-order valence-corrected chi connectivity index (χ4v) is 1.75. The van der Waals surface area contributed by atoms with Crippen molar-refractivity contribution in [3.63, 3.8) is 0 Å². The van der Waals surface area contributed by atoms with Crippen LogP contribution >= 0.6 is 0 Å². The molecule has 4 nitrogen and oxygen atoms in total. The number of nitrogens with one attached hydrogen (secondary N) is 2. The Morgan fingerprint density at radius 3 is 2.72 bits per heavy atom. The Balaban J connectivity index is 1.76. The summed E-state index contributed by atoms with van der Waals surface area (Å²) in [6.45, 7) is 2.30. The molecule has 94 valence electrons. The summed E-state index contributed by atoms with van der Waals surface area (Å²) in [5.74, 6) is -0.135. The normalized spacial score (nSPS) is 16.5. The van der Waals surface area contributed by atoms with Gasteiger partial charge in [-0.2, -0.15) is 5.10 Å². The van der Waals surface area contributed by atoms with Gasteiger partial charge in [0.15, 0.2) is 0 Å². The molecule has 1 aliphatic rings. The van der Waals surface area contributed by atoms with Crippen molar-refractivity contribution in [2.75, 3.05) is 11.9 Å². The van der Waals surface area contributed by atoms with Gasteiger partial charge in [-0.3, -0.25) is 4.79 Å². The van der Waals surface area contributed by atoms with E-state index in [0.29, 0.717) is 0 Å². The van der Waals surface area contributed by atoms with Crippen LogP contribution < -0.4 is 10.7 Å². The molecule has 0 saturated heterocycles. The number of hydrogen-bond acceptors (Lipinski definition) is 3. The van der Waals surface area contributed by atoms with Crippen molar-refractivity contribution in [3.8, 4) is 0 Å². The topological polar surface area (TPSA) is 53.5 Å². The van der Waals surface area contributed by atoms with Gasteiger partial charge in [0, 0.05) is 5.69 Å². The Morgan fingerprint density at radius 2 is 2.06 bits per heavy atom. The molecule has 1 aliphatic carbocycles. The van der Waals surface area contributed by atoms with Crippen LogP contribution in [0.15, 0.2) is 47.1 Å². The van der Waals surface area contributed by atoms with E-state index in [1.165, 1.54) is 5.57 Å². The number of carbonyl (C=O) groups excluding carboxylic acids is 1. The Labute approximate surface area is 107 Å². The van der Waals surface area contributed by atoms with Crippen LogP contribution in [-0.4, -0.2) is 18.2 Å². The average Bonchev–Trinajstić information content (AvgIpc) is 2.81. The SMILES string of the molecule is CC1=C/C(=N/NC(=O)CNc2ccccc2)CC1. The Hall–Kier alpha value is -2.10. The zero-order chi connectivity index (χ0) is 12.8. The predicted molar refractivity (Wildman–Crippen MR) is 73.5 cm³/mol. The van der Waals surface area contributed by atoms with Crippen molar-refractivity contribution in [2.45, 2.75) is 19.8 Å². The van der Waals surface area contributed by atoms with E-state index in [9.17, 15) is 4.79 Å². The minimum Gasteiger partial charge on any atom is -0.376 e. The Bertz CT molecular complexity index is 477. The number of allylic oxidation sites excluding steroid dienone is 2. The smallest absolute Gasteiger partial charge is 0.259 e. The summed E-state index contributed by atoms with van der Waals surface area (Å²) in [7, 11) is 0. The lowest BCUT2D eigenvalue weighted by molar-refractivity contribution is -0.119. The molecule has 0 spiro atoms. The largest absolute Gasteiger partial charge is 0.376 e. The summed E-state index contributed by atoms with van der Waals surface area (Å²) in [5, 5.41) is 7.12. The highest BCUT2D eigenvalue weighted by Gasteiger charge is 2.07. The highest BCUT2D eigenvalue weighted by molar-refractivity contribution is 5.98. The van der Waals surface area contributed by atoms with Gasteiger partial charge in [-0.25, -0.2) is 5.43 Å². The van der Waals surface area contributed by atoms with Crippen LogP contribution in [0.3, 0.4) is 0 Å². The first kappa shape index (κ1) is 12.4. The minimum absolute atomic E-state index is 0.135. The zero-order valence-electron chi connectivity index (χ0n) is 10.4. The van der Waals surface area contributed by atoms with E-state index < -0.39 is 0 Å². The molecule has 0 aromatic heterocycles. The Morgan fingerprint density at radius 1 is 1.28 bits per heavy atom. The van der Waals surface area contributed by atoms with Gasteiger partial charge >= 0.3 is 0 Å². The van der Waals surface area contributed by atoms with Gasteiger partial charge in [-0.05, 0) is 38.0 Å². The molecule has 4 heteroatoms. The molecule has 1 aromatic carbocycles. The molecule has 0 saturated carbocycles. The number of para-hydroxylation sites is 1. The molecule has 0 aliphatic heterocycles. The molecule has 18 heavy (non-hydrogen) atoms. The van der Waals surface area contributed by atoms with Crippen LogP contribution in [0.4, 0.5) is 5.69 Å². The van der Waals surface area contributed by atoms with Gasteiger partial charge < -0.3 is 5.32 Å². The molecule has 0 fully saturated rings. The van der Waals surface area contributed by atoms with Crippen molar-refractivity contribution in [1.29, 1.82) is 0 Å². The van der Waals surface area contributed by atoms with E-state index in [2.05, 4.69) is 22.8 Å². The van der Waals surface area contributed by atoms with Crippen molar-refractivity contribution >= 4 is 17.3 Å². The first-order valence-corrected chi connectivity index (χ1v) is 6.05. The van der Waals surface area contributed by atoms with Crippen molar-refractivity contribution in [3.05, 3.63) is 42.0 Å². The lowest BCUT2D eigenvalue weighted by Gasteiger charge is -2.04. The third-order valence-corrected chi connectivity index (χ3v) is 2.74. The molecule has 1 amide bonds. The third-order valence-electron chi connectivity index (χ3n) is 2.74. The van der Waals surface area contributed by atoms with Crippen LogP contribution in [0.1, 0.15) is 19.8 Å². The first-order chi connectivity index (χ1) is 8.74. The maximum absolute atomic E-state index is 11.6. The van der Waals surface area contributed by atoms with Gasteiger partial charge in [0.1, 0.15) is 0 Å². The highest BCUT2D eigenvalue weighted by atomic mass is 16.2. The van der Waals surface area contributed by atoms with E-state index in [-0.39, 0.29) is 12.5 Å². The predicted octanol–water partition coefficient (Wildman–Crippen LogP) is 2.31. The maximum Gasteiger partial charge on any atom is 0.259 e. The van der Waals surface area contributed by atoms with Gasteiger partial charge in [-0.1, -0.05) is 23.8 Å². The molecular weight excluding hydrogens is 226 g/mol. The summed E-state index contributed by atoms with van der Waals surface area (Å²) in [6, 6.07) is 9.62. The van der Waals surface area contributed by atoms with E-state index in [4.69, 9.17) is 0 Å². The van der Waals surface area contributed by atoms with E-state index >= 15 is 0 Å². The van der Waals surface area contributed by atoms with Gasteiger partial charge in [0.05, 0.1) is 12.3 Å². The summed E-state index contributed by atoms with van der Waals surface area (Å²) in [5.41, 5.74) is 5.74. The van der Waals surface area contributed by atoms with E-state index in [1.807, 2.05) is 36.4 Å². The van der Waals surface area contributed by atoms with Crippen molar-refractivity contribution in [2.24, 2.45) is 5.10 Å². The highest BCUT2D eigenvalue weighted by Crippen LogP contribution is 2.14. The second-order valence-electron chi connectivity index (χ2n) is 4.35. The lowest BCUT2D eigenvalue weighted by atomic mass is 10.3. The number of hydrazone groups is 1. The van der Waals surface area contributed by atoms with Gasteiger partial charge in [0.25, 0.3) is 5.91 Å². The number of nitrogens with zero attached hydrogens (tertiary/aromatic N) is 1. The molecule has 1 aromatic rings. The number of anilines is 1. The van der Waals surface area contributed by atoms with E-state index in [1.54, 1.807) is 0 Å².